The molecule has 0 aliphatic carbocycles. The Morgan fingerprint density at radius 2 is 1.77 bits per heavy atom. The van der Waals surface area contributed by atoms with Crippen molar-refractivity contribution >= 4 is 17.3 Å². The number of hydrogen-bond acceptors (Lipinski definition) is 6. The molecule has 1 N–H and O–H groups in total. The van der Waals surface area contributed by atoms with Crippen LogP contribution in [-0.2, 0) is 19.7 Å². The van der Waals surface area contributed by atoms with Crippen LogP contribution in [0.5, 0.6) is 5.75 Å². The number of nitrogens with one attached hydrogen (secondary N) is 1. The van der Waals surface area contributed by atoms with Crippen LogP contribution in [0.4, 0.5) is 11.4 Å². The van der Waals surface area contributed by atoms with E-state index in [1.807, 2.05) is 6.92 Å². The zero-order chi connectivity index (χ0) is 21.4. The zero-order valence-electron chi connectivity index (χ0n) is 17.0. The van der Waals surface area contributed by atoms with Crippen molar-refractivity contribution in [2.45, 2.75) is 25.2 Å². The molecule has 8 heteroatoms. The van der Waals surface area contributed by atoms with E-state index in [-0.39, 0.29) is 11.6 Å². The lowest BCUT2D eigenvalue weighted by Crippen LogP contribution is -2.44. The van der Waals surface area contributed by atoms with Crippen LogP contribution < -0.4 is 10.1 Å². The Kier molecular flexibility index (Phi) is 7.37. The first-order chi connectivity index (χ1) is 14.5. The second-order valence-electron chi connectivity index (χ2n) is 7.02. The Morgan fingerprint density at radius 3 is 2.37 bits per heavy atom. The molecule has 30 heavy (non-hydrogen) atoms. The molecule has 1 aliphatic rings. The molecule has 2 aromatic carbocycles. The molecule has 0 radical (unpaired) electrons. The third kappa shape index (κ3) is 5.14. The van der Waals surface area contributed by atoms with E-state index in [2.05, 4.69) is 5.32 Å². The standard InChI is InChI=1S/C22H26N2O6/c1-2-28-15-16-30-20-9-5-18(6-10-20)23-21(25)22(11-13-29-14-12-22)17-3-7-19(8-4-17)24(26)27/h3-10H,2,11-16H2,1H3,(H,23,25). The first kappa shape index (κ1) is 21.7. The largest absolute Gasteiger partial charge is 0.491 e. The van der Waals surface area contributed by atoms with Gasteiger partial charge in [-0.25, -0.2) is 0 Å². The van der Waals surface area contributed by atoms with Gasteiger partial charge in [0, 0.05) is 37.6 Å². The van der Waals surface area contributed by atoms with Crippen molar-refractivity contribution in [3.05, 3.63) is 64.2 Å². The molecule has 3 rings (SSSR count). The molecule has 160 valence electrons. The summed E-state index contributed by atoms with van der Waals surface area (Å²) in [5.41, 5.74) is 0.621. The first-order valence-corrected chi connectivity index (χ1v) is 10.00. The number of rotatable bonds is 9. The number of benzene rings is 2. The highest BCUT2D eigenvalue weighted by atomic mass is 16.6. The third-order valence-corrected chi connectivity index (χ3v) is 5.22. The second-order valence-corrected chi connectivity index (χ2v) is 7.02. The summed E-state index contributed by atoms with van der Waals surface area (Å²) in [6, 6.07) is 13.4. The number of non-ortho nitro benzene ring substituents is 1. The maximum absolute atomic E-state index is 13.3. The van der Waals surface area contributed by atoms with Crippen LogP contribution >= 0.6 is 0 Å². The number of nitro groups is 1. The lowest BCUT2D eigenvalue weighted by Gasteiger charge is -2.36. The third-order valence-electron chi connectivity index (χ3n) is 5.22. The molecule has 0 spiro atoms. The molecule has 1 amide bonds. The predicted octanol–water partition coefficient (Wildman–Crippen LogP) is 3.70. The Hall–Kier alpha value is -2.97. The Labute approximate surface area is 175 Å². The van der Waals surface area contributed by atoms with Crippen LogP contribution in [0.2, 0.25) is 0 Å². The van der Waals surface area contributed by atoms with Crippen molar-refractivity contribution in [1.29, 1.82) is 0 Å². The zero-order valence-corrected chi connectivity index (χ0v) is 17.0. The summed E-state index contributed by atoms with van der Waals surface area (Å²) in [5, 5.41) is 13.9. The van der Waals surface area contributed by atoms with Crippen molar-refractivity contribution < 1.29 is 23.9 Å². The molecule has 2 aromatic rings. The van der Waals surface area contributed by atoms with E-state index in [0.29, 0.717) is 57.3 Å². The van der Waals surface area contributed by atoms with Crippen LogP contribution in [0.1, 0.15) is 25.3 Å². The van der Waals surface area contributed by atoms with Crippen LogP contribution in [0.25, 0.3) is 0 Å². The Bertz CT molecular complexity index is 845. The first-order valence-electron chi connectivity index (χ1n) is 10.00. The number of ether oxygens (including phenoxy) is 3. The van der Waals surface area contributed by atoms with Gasteiger partial charge in [0.05, 0.1) is 16.9 Å². The highest BCUT2D eigenvalue weighted by Gasteiger charge is 2.42. The van der Waals surface area contributed by atoms with E-state index in [4.69, 9.17) is 14.2 Å². The molecule has 0 aromatic heterocycles. The van der Waals surface area contributed by atoms with E-state index in [1.165, 1.54) is 12.1 Å². The topological polar surface area (TPSA) is 99.9 Å². The van der Waals surface area contributed by atoms with Crippen molar-refractivity contribution in [1.82, 2.24) is 0 Å². The van der Waals surface area contributed by atoms with Gasteiger partial charge in [-0.1, -0.05) is 12.1 Å². The Balaban J connectivity index is 1.72. The lowest BCUT2D eigenvalue weighted by molar-refractivity contribution is -0.384. The minimum absolute atomic E-state index is 0.00120. The fourth-order valence-electron chi connectivity index (χ4n) is 3.52. The maximum atomic E-state index is 13.3. The number of carbonyl (C=O) groups is 1. The predicted molar refractivity (Wildman–Crippen MR) is 112 cm³/mol. The van der Waals surface area contributed by atoms with E-state index in [1.54, 1.807) is 36.4 Å². The average Bonchev–Trinajstić information content (AvgIpc) is 2.78. The monoisotopic (exact) mass is 414 g/mol. The SMILES string of the molecule is CCOCCOc1ccc(NC(=O)C2(c3ccc([N+](=O)[O-])cc3)CCOCC2)cc1. The van der Waals surface area contributed by atoms with Gasteiger partial charge < -0.3 is 19.5 Å². The fraction of sp³-hybridized carbons (Fsp3) is 0.409. The summed E-state index contributed by atoms with van der Waals surface area (Å²) in [7, 11) is 0. The summed E-state index contributed by atoms with van der Waals surface area (Å²) in [6.45, 7) is 4.47. The molecule has 0 unspecified atom stereocenters. The van der Waals surface area contributed by atoms with E-state index < -0.39 is 10.3 Å². The molecular weight excluding hydrogens is 388 g/mol. The van der Waals surface area contributed by atoms with Gasteiger partial charge in [-0.2, -0.15) is 0 Å². The van der Waals surface area contributed by atoms with Gasteiger partial charge in [0.15, 0.2) is 0 Å². The number of nitro benzene ring substituents is 1. The van der Waals surface area contributed by atoms with Crippen LogP contribution in [0.3, 0.4) is 0 Å². The van der Waals surface area contributed by atoms with E-state index in [0.717, 1.165) is 5.56 Å². The molecule has 1 saturated heterocycles. The normalized spacial score (nSPS) is 15.4. The number of hydrogen-bond donors (Lipinski definition) is 1. The molecule has 0 atom stereocenters. The number of amides is 1. The minimum Gasteiger partial charge on any atom is -0.491 e. The van der Waals surface area contributed by atoms with Gasteiger partial charge in [0.25, 0.3) is 5.69 Å². The van der Waals surface area contributed by atoms with Gasteiger partial charge in [-0.15, -0.1) is 0 Å². The molecular formula is C22H26N2O6. The Morgan fingerprint density at radius 1 is 1.10 bits per heavy atom. The van der Waals surface area contributed by atoms with E-state index >= 15 is 0 Å². The average molecular weight is 414 g/mol. The summed E-state index contributed by atoms with van der Waals surface area (Å²) in [4.78, 5) is 23.8. The van der Waals surface area contributed by atoms with Crippen molar-refractivity contribution in [2.75, 3.05) is 38.4 Å². The minimum atomic E-state index is -0.792. The molecule has 1 aliphatic heterocycles. The summed E-state index contributed by atoms with van der Waals surface area (Å²) >= 11 is 0. The van der Waals surface area contributed by atoms with Crippen molar-refractivity contribution in [3.63, 3.8) is 0 Å². The highest BCUT2D eigenvalue weighted by molar-refractivity contribution is 5.99. The highest BCUT2D eigenvalue weighted by Crippen LogP contribution is 2.37. The quantitative estimate of drug-likeness (QED) is 0.382. The van der Waals surface area contributed by atoms with Crippen LogP contribution in [0, 0.1) is 10.1 Å². The molecule has 8 nitrogen and oxygen atoms in total. The molecule has 0 bridgehead atoms. The van der Waals surface area contributed by atoms with Crippen molar-refractivity contribution in [3.8, 4) is 5.75 Å². The molecule has 1 fully saturated rings. The summed E-state index contributed by atoms with van der Waals surface area (Å²) in [6.07, 6.45) is 1.02. The van der Waals surface area contributed by atoms with Gasteiger partial charge >= 0.3 is 0 Å². The van der Waals surface area contributed by atoms with Gasteiger partial charge in [0.2, 0.25) is 5.91 Å². The lowest BCUT2D eigenvalue weighted by atomic mass is 9.73. The maximum Gasteiger partial charge on any atom is 0.269 e. The molecule has 1 heterocycles. The second kappa shape index (κ2) is 10.2. The summed E-state index contributed by atoms with van der Waals surface area (Å²) < 4.78 is 16.3. The number of nitrogens with zero attached hydrogens (tertiary/aromatic N) is 1. The van der Waals surface area contributed by atoms with Gasteiger partial charge in [0.1, 0.15) is 12.4 Å². The van der Waals surface area contributed by atoms with Crippen LogP contribution in [-0.4, -0.2) is 43.9 Å². The number of anilines is 1. The van der Waals surface area contributed by atoms with Crippen LogP contribution in [0.15, 0.2) is 48.5 Å². The van der Waals surface area contributed by atoms with Crippen molar-refractivity contribution in [2.24, 2.45) is 0 Å². The smallest absolute Gasteiger partial charge is 0.269 e. The fourth-order valence-corrected chi connectivity index (χ4v) is 3.52. The van der Waals surface area contributed by atoms with E-state index in [9.17, 15) is 14.9 Å². The summed E-state index contributed by atoms with van der Waals surface area (Å²) in [5.74, 6) is 0.550. The van der Waals surface area contributed by atoms with Gasteiger partial charge in [-0.3, -0.25) is 14.9 Å². The molecule has 0 saturated carbocycles. The number of carbonyl (C=O) groups excluding carboxylic acids is 1. The van der Waals surface area contributed by atoms with Gasteiger partial charge in [-0.05, 0) is 49.6 Å².